The topological polar surface area (TPSA) is 75.7 Å². The van der Waals surface area contributed by atoms with Crippen LogP contribution >= 0.6 is 0 Å². The number of fused-ring (bicyclic) bond motifs is 1. The summed E-state index contributed by atoms with van der Waals surface area (Å²) in [6.07, 6.45) is 4.78. The summed E-state index contributed by atoms with van der Waals surface area (Å²) in [5.41, 5.74) is 1.18. The number of benzene rings is 1. The highest BCUT2D eigenvalue weighted by Gasteiger charge is 2.33. The van der Waals surface area contributed by atoms with Gasteiger partial charge in [0, 0.05) is 19.0 Å². The van der Waals surface area contributed by atoms with Gasteiger partial charge in [-0.2, -0.15) is 0 Å². The number of rotatable bonds is 7. The van der Waals surface area contributed by atoms with Crippen molar-refractivity contribution in [2.45, 2.75) is 63.0 Å². The van der Waals surface area contributed by atoms with Crippen LogP contribution in [-0.2, 0) is 16.3 Å². The van der Waals surface area contributed by atoms with Gasteiger partial charge in [-0.25, -0.2) is 8.42 Å². The minimum atomic E-state index is -3.38. The molecule has 28 heavy (non-hydrogen) atoms. The molecule has 0 spiro atoms. The number of nitrogens with zero attached hydrogens (tertiary/aromatic N) is 1. The van der Waals surface area contributed by atoms with Gasteiger partial charge in [-0.15, -0.1) is 0 Å². The normalized spacial score (nSPS) is 24.8. The summed E-state index contributed by atoms with van der Waals surface area (Å²) < 4.78 is 31.5. The van der Waals surface area contributed by atoms with Gasteiger partial charge in [-0.05, 0) is 69.3 Å². The second kappa shape index (κ2) is 7.67. The van der Waals surface area contributed by atoms with E-state index in [0.717, 1.165) is 44.3 Å². The number of amides is 1. The van der Waals surface area contributed by atoms with Gasteiger partial charge >= 0.3 is 0 Å². The second-order valence-electron chi connectivity index (χ2n) is 8.45. The van der Waals surface area contributed by atoms with E-state index >= 15 is 0 Å². The molecule has 2 unspecified atom stereocenters. The highest BCUT2D eigenvalue weighted by molar-refractivity contribution is 7.91. The molecule has 1 aromatic rings. The van der Waals surface area contributed by atoms with Crippen molar-refractivity contribution in [3.05, 3.63) is 23.3 Å². The lowest BCUT2D eigenvalue weighted by molar-refractivity contribution is 0.0936. The zero-order valence-corrected chi connectivity index (χ0v) is 17.6. The molecule has 1 N–H and O–H groups in total. The number of hydrogen-bond acceptors (Lipinski definition) is 5. The standard InChI is InChI=1S/C21H30N2O4S/c1-3-23-8-4-5-17(23)12-22-21(24)19-11-18(28(25,26)13-15-6-7-15)10-16-9-14(2)27-20(16)19/h10-11,14-15,17H,3-9,12-13H2,1-2H3,(H,22,24). The molecule has 0 bridgehead atoms. The Hall–Kier alpha value is -1.60. The maximum absolute atomic E-state index is 13.0. The van der Waals surface area contributed by atoms with Gasteiger partial charge in [-0.3, -0.25) is 9.69 Å². The molecule has 154 valence electrons. The summed E-state index contributed by atoms with van der Waals surface area (Å²) >= 11 is 0. The molecular formula is C21H30N2O4S. The Labute approximate surface area is 167 Å². The summed E-state index contributed by atoms with van der Waals surface area (Å²) in [6, 6.07) is 3.59. The maximum atomic E-state index is 13.0. The van der Waals surface area contributed by atoms with Gasteiger partial charge < -0.3 is 10.1 Å². The molecule has 1 aromatic carbocycles. The van der Waals surface area contributed by atoms with Crippen molar-refractivity contribution >= 4 is 15.7 Å². The fraction of sp³-hybridized carbons (Fsp3) is 0.667. The van der Waals surface area contributed by atoms with Crippen molar-refractivity contribution in [1.29, 1.82) is 0 Å². The van der Waals surface area contributed by atoms with E-state index in [1.807, 2.05) is 6.92 Å². The van der Waals surface area contributed by atoms with Gasteiger partial charge in [0.1, 0.15) is 11.9 Å². The first-order valence-corrected chi connectivity index (χ1v) is 12.1. The molecule has 6 nitrogen and oxygen atoms in total. The van der Waals surface area contributed by atoms with Crippen molar-refractivity contribution in [1.82, 2.24) is 10.2 Å². The van der Waals surface area contributed by atoms with E-state index in [1.165, 1.54) is 6.07 Å². The van der Waals surface area contributed by atoms with Crippen LogP contribution in [0.2, 0.25) is 0 Å². The smallest absolute Gasteiger partial charge is 0.255 e. The number of carbonyl (C=O) groups is 1. The van der Waals surface area contributed by atoms with Gasteiger partial charge in [0.05, 0.1) is 16.2 Å². The molecule has 0 aromatic heterocycles. The van der Waals surface area contributed by atoms with Crippen molar-refractivity contribution in [2.75, 3.05) is 25.4 Å². The lowest BCUT2D eigenvalue weighted by atomic mass is 10.1. The van der Waals surface area contributed by atoms with E-state index in [9.17, 15) is 13.2 Å². The Balaban J connectivity index is 1.57. The van der Waals surface area contributed by atoms with Crippen molar-refractivity contribution < 1.29 is 17.9 Å². The summed E-state index contributed by atoms with van der Waals surface area (Å²) in [5, 5.41) is 3.03. The summed E-state index contributed by atoms with van der Waals surface area (Å²) in [7, 11) is -3.38. The number of likely N-dealkylation sites (N-methyl/N-ethyl adjacent to an activating group) is 1. The van der Waals surface area contributed by atoms with Crippen molar-refractivity contribution in [3.8, 4) is 5.75 Å². The molecule has 2 heterocycles. The number of likely N-dealkylation sites (tertiary alicyclic amines) is 1. The molecule has 1 saturated heterocycles. The predicted molar refractivity (Wildman–Crippen MR) is 108 cm³/mol. The van der Waals surface area contributed by atoms with Gasteiger partial charge in [0.15, 0.2) is 9.84 Å². The maximum Gasteiger partial charge on any atom is 0.255 e. The molecule has 1 amide bonds. The summed E-state index contributed by atoms with van der Waals surface area (Å²) in [4.78, 5) is 15.6. The van der Waals surface area contributed by atoms with E-state index in [2.05, 4.69) is 17.1 Å². The van der Waals surface area contributed by atoms with Crippen LogP contribution in [0.25, 0.3) is 0 Å². The van der Waals surface area contributed by atoms with Crippen molar-refractivity contribution in [2.24, 2.45) is 5.92 Å². The molecule has 2 fully saturated rings. The minimum Gasteiger partial charge on any atom is -0.489 e. The van der Waals surface area contributed by atoms with E-state index in [-0.39, 0.29) is 28.6 Å². The van der Waals surface area contributed by atoms with Crippen LogP contribution in [0, 0.1) is 5.92 Å². The number of ether oxygens (including phenoxy) is 1. The van der Waals surface area contributed by atoms with Crippen LogP contribution in [0.3, 0.4) is 0 Å². The third kappa shape index (κ3) is 4.06. The molecule has 1 aliphatic carbocycles. The quantitative estimate of drug-likeness (QED) is 0.753. The number of nitrogens with one attached hydrogen (secondary N) is 1. The first kappa shape index (κ1) is 19.7. The monoisotopic (exact) mass is 406 g/mol. The Kier molecular flexibility index (Phi) is 5.40. The Morgan fingerprint density at radius 1 is 1.29 bits per heavy atom. The van der Waals surface area contributed by atoms with E-state index < -0.39 is 9.84 Å². The molecular weight excluding hydrogens is 376 g/mol. The SMILES string of the molecule is CCN1CCCC1CNC(=O)c1cc(S(=O)(=O)CC2CC2)cc2c1OC(C)C2. The van der Waals surface area contributed by atoms with Gasteiger partial charge in [0.25, 0.3) is 5.91 Å². The average molecular weight is 407 g/mol. The summed E-state index contributed by atoms with van der Waals surface area (Å²) in [5.74, 6) is 0.760. The van der Waals surface area contributed by atoms with Crippen LogP contribution in [-0.4, -0.2) is 56.8 Å². The highest BCUT2D eigenvalue weighted by atomic mass is 32.2. The third-order valence-electron chi connectivity index (χ3n) is 6.13. The van der Waals surface area contributed by atoms with Gasteiger partial charge in [-0.1, -0.05) is 6.92 Å². The number of hydrogen-bond donors (Lipinski definition) is 1. The molecule has 2 atom stereocenters. The molecule has 7 heteroatoms. The first-order valence-electron chi connectivity index (χ1n) is 10.5. The second-order valence-corrected chi connectivity index (χ2v) is 10.5. The number of carbonyl (C=O) groups excluding carboxylic acids is 1. The van der Waals surface area contributed by atoms with Crippen LogP contribution in [0.15, 0.2) is 17.0 Å². The Morgan fingerprint density at radius 2 is 2.07 bits per heavy atom. The van der Waals surface area contributed by atoms with E-state index in [1.54, 1.807) is 6.07 Å². The molecule has 1 saturated carbocycles. The first-order chi connectivity index (χ1) is 13.4. The number of sulfone groups is 1. The minimum absolute atomic E-state index is 0.0478. The summed E-state index contributed by atoms with van der Waals surface area (Å²) in [6.45, 7) is 6.71. The predicted octanol–water partition coefficient (Wildman–Crippen LogP) is 2.41. The lowest BCUT2D eigenvalue weighted by Gasteiger charge is -2.23. The molecule has 3 aliphatic rings. The molecule has 2 aliphatic heterocycles. The van der Waals surface area contributed by atoms with Crippen LogP contribution in [0.1, 0.15) is 55.5 Å². The van der Waals surface area contributed by atoms with Crippen LogP contribution in [0.4, 0.5) is 0 Å². The van der Waals surface area contributed by atoms with E-state index in [4.69, 9.17) is 4.74 Å². The average Bonchev–Trinajstić information content (AvgIpc) is 3.18. The zero-order chi connectivity index (χ0) is 19.9. The Bertz CT molecular complexity index is 863. The van der Waals surface area contributed by atoms with E-state index in [0.29, 0.717) is 30.3 Å². The zero-order valence-electron chi connectivity index (χ0n) is 16.7. The van der Waals surface area contributed by atoms with Crippen LogP contribution < -0.4 is 10.1 Å². The van der Waals surface area contributed by atoms with Gasteiger partial charge in [0.2, 0.25) is 0 Å². The molecule has 0 radical (unpaired) electrons. The van der Waals surface area contributed by atoms with Crippen LogP contribution in [0.5, 0.6) is 5.75 Å². The highest BCUT2D eigenvalue weighted by Crippen LogP contribution is 2.37. The molecule has 4 rings (SSSR count). The fourth-order valence-corrected chi connectivity index (χ4v) is 6.16. The largest absolute Gasteiger partial charge is 0.489 e. The third-order valence-corrected chi connectivity index (χ3v) is 7.99. The Morgan fingerprint density at radius 3 is 2.79 bits per heavy atom. The fourth-order valence-electron chi connectivity index (χ4n) is 4.39. The lowest BCUT2D eigenvalue weighted by Crippen LogP contribution is -2.40. The van der Waals surface area contributed by atoms with Crippen molar-refractivity contribution in [3.63, 3.8) is 0 Å².